The molecule has 6 heteroatoms. The number of ketones is 1. The fourth-order valence-electron chi connectivity index (χ4n) is 3.89. The molecular weight excluding hydrogens is 402 g/mol. The smallest absolute Gasteiger partial charge is 0.290 e. The van der Waals surface area contributed by atoms with Gasteiger partial charge in [-0.1, -0.05) is 61.7 Å². The molecule has 1 amide bonds. The number of Topliss-reactive ketones (excluding diaryl/α,β-unsaturated/α-hetero) is 1. The number of hydrogen-bond donors (Lipinski definition) is 1. The van der Waals surface area contributed by atoms with Gasteiger partial charge in [-0.05, 0) is 36.2 Å². The molecule has 154 valence electrons. The Morgan fingerprint density at radius 1 is 1.13 bits per heavy atom. The first kappa shape index (κ1) is 20.2. The molecule has 0 spiro atoms. The van der Waals surface area contributed by atoms with E-state index in [4.69, 9.17) is 16.0 Å². The van der Waals surface area contributed by atoms with Gasteiger partial charge >= 0.3 is 0 Å². The van der Waals surface area contributed by atoms with E-state index >= 15 is 0 Å². The highest BCUT2D eigenvalue weighted by molar-refractivity contribution is 6.31. The Labute approximate surface area is 179 Å². The molecule has 3 aromatic rings. The fourth-order valence-corrected chi connectivity index (χ4v) is 4.07. The van der Waals surface area contributed by atoms with Crippen LogP contribution in [0.4, 0.5) is 0 Å². The zero-order valence-electron chi connectivity index (χ0n) is 16.6. The van der Waals surface area contributed by atoms with E-state index in [0.717, 1.165) is 24.8 Å². The van der Waals surface area contributed by atoms with Crippen LogP contribution in [0.2, 0.25) is 5.02 Å². The molecule has 5 nitrogen and oxygen atoms in total. The topological polar surface area (TPSA) is 70.8 Å². The third-order valence-electron chi connectivity index (χ3n) is 5.37. The Hall–Kier alpha value is -3.05. The summed E-state index contributed by atoms with van der Waals surface area (Å²) in [6, 6.07) is 15.3. The van der Waals surface area contributed by atoms with Crippen LogP contribution < -0.4 is 0 Å². The van der Waals surface area contributed by atoms with Gasteiger partial charge in [0.1, 0.15) is 5.58 Å². The second-order valence-corrected chi connectivity index (χ2v) is 7.84. The zero-order chi connectivity index (χ0) is 21.3. The Balaban J connectivity index is 1.76. The average Bonchev–Trinajstić information content (AvgIpc) is 3.28. The molecule has 0 radical (unpaired) electrons. The van der Waals surface area contributed by atoms with Crippen molar-refractivity contribution in [2.75, 3.05) is 6.54 Å². The minimum Gasteiger partial charge on any atom is -0.503 e. The molecule has 0 bridgehead atoms. The van der Waals surface area contributed by atoms with Crippen LogP contribution >= 0.6 is 11.6 Å². The number of unbranched alkanes of at least 4 members (excludes halogenated alkanes) is 2. The summed E-state index contributed by atoms with van der Waals surface area (Å²) in [5.74, 6) is -1.47. The first-order valence-corrected chi connectivity index (χ1v) is 10.4. The summed E-state index contributed by atoms with van der Waals surface area (Å²) in [5.41, 5.74) is 1.34. The second-order valence-electron chi connectivity index (χ2n) is 7.40. The standard InChI is InChI=1S/C24H22ClNO4/c1-2-3-7-12-26-21(15-8-5-4-6-9-15)20(23(28)24(26)29)22(27)19-14-16-13-17(25)10-11-18(16)30-19/h4-6,8-11,13-14,21,28H,2-3,7,12H2,1H3. The maximum absolute atomic E-state index is 13.4. The highest BCUT2D eigenvalue weighted by atomic mass is 35.5. The number of amides is 1. The van der Waals surface area contributed by atoms with Crippen molar-refractivity contribution in [2.45, 2.75) is 32.2 Å². The number of furan rings is 1. The van der Waals surface area contributed by atoms with Crippen molar-refractivity contribution in [1.29, 1.82) is 0 Å². The van der Waals surface area contributed by atoms with E-state index in [1.54, 1.807) is 29.2 Å². The van der Waals surface area contributed by atoms with E-state index < -0.39 is 23.5 Å². The molecule has 2 heterocycles. The normalized spacial score (nSPS) is 16.7. The van der Waals surface area contributed by atoms with Crippen LogP contribution in [0.25, 0.3) is 11.0 Å². The molecule has 1 atom stereocenters. The van der Waals surface area contributed by atoms with Crippen molar-refractivity contribution in [3.05, 3.63) is 82.3 Å². The van der Waals surface area contributed by atoms with Crippen LogP contribution in [-0.4, -0.2) is 28.2 Å². The number of rotatable bonds is 7. The van der Waals surface area contributed by atoms with Gasteiger partial charge in [0.05, 0.1) is 11.6 Å². The van der Waals surface area contributed by atoms with Crippen molar-refractivity contribution < 1.29 is 19.1 Å². The maximum Gasteiger partial charge on any atom is 0.290 e. The second kappa shape index (κ2) is 8.36. The quantitative estimate of drug-likeness (QED) is 0.382. The summed E-state index contributed by atoms with van der Waals surface area (Å²) in [4.78, 5) is 27.8. The summed E-state index contributed by atoms with van der Waals surface area (Å²) >= 11 is 6.03. The van der Waals surface area contributed by atoms with E-state index in [2.05, 4.69) is 6.92 Å². The van der Waals surface area contributed by atoms with E-state index in [1.807, 2.05) is 30.3 Å². The van der Waals surface area contributed by atoms with Crippen molar-refractivity contribution in [3.63, 3.8) is 0 Å². The van der Waals surface area contributed by atoms with Gasteiger partial charge in [-0.25, -0.2) is 0 Å². The molecule has 30 heavy (non-hydrogen) atoms. The van der Waals surface area contributed by atoms with Crippen LogP contribution in [0.1, 0.15) is 48.3 Å². The fraction of sp³-hybridized carbons (Fsp3) is 0.250. The van der Waals surface area contributed by atoms with Crippen LogP contribution in [0.5, 0.6) is 0 Å². The number of fused-ring (bicyclic) bond motifs is 1. The van der Waals surface area contributed by atoms with Gasteiger partial charge in [-0.2, -0.15) is 0 Å². The predicted octanol–water partition coefficient (Wildman–Crippen LogP) is 5.85. The summed E-state index contributed by atoms with van der Waals surface area (Å²) in [5, 5.41) is 11.9. The molecule has 0 saturated heterocycles. The van der Waals surface area contributed by atoms with E-state index in [-0.39, 0.29) is 11.3 Å². The molecule has 1 N–H and O–H groups in total. The minimum atomic E-state index is -0.653. The lowest BCUT2D eigenvalue weighted by atomic mass is 9.95. The van der Waals surface area contributed by atoms with Gasteiger partial charge in [0.25, 0.3) is 5.91 Å². The molecular formula is C24H22ClNO4. The maximum atomic E-state index is 13.4. The first-order valence-electron chi connectivity index (χ1n) is 10.0. The van der Waals surface area contributed by atoms with Crippen LogP contribution in [0.3, 0.4) is 0 Å². The van der Waals surface area contributed by atoms with Gasteiger partial charge in [0.15, 0.2) is 11.5 Å². The predicted molar refractivity (Wildman–Crippen MR) is 116 cm³/mol. The highest BCUT2D eigenvalue weighted by Gasteiger charge is 2.44. The van der Waals surface area contributed by atoms with E-state index in [1.165, 1.54) is 0 Å². The highest BCUT2D eigenvalue weighted by Crippen LogP contribution is 2.39. The number of carbonyl (C=O) groups is 2. The van der Waals surface area contributed by atoms with Crippen molar-refractivity contribution in [3.8, 4) is 0 Å². The lowest BCUT2D eigenvalue weighted by Crippen LogP contribution is -2.32. The summed E-state index contributed by atoms with van der Waals surface area (Å²) in [6.45, 7) is 2.54. The summed E-state index contributed by atoms with van der Waals surface area (Å²) in [6.07, 6.45) is 2.76. The molecule has 4 rings (SSSR count). The van der Waals surface area contributed by atoms with Gasteiger partial charge in [0, 0.05) is 17.0 Å². The Morgan fingerprint density at radius 2 is 1.90 bits per heavy atom. The van der Waals surface area contributed by atoms with Crippen LogP contribution in [0, 0.1) is 0 Å². The van der Waals surface area contributed by atoms with Crippen molar-refractivity contribution in [2.24, 2.45) is 0 Å². The van der Waals surface area contributed by atoms with Gasteiger partial charge in [0.2, 0.25) is 5.78 Å². The number of benzene rings is 2. The van der Waals surface area contributed by atoms with Gasteiger partial charge in [-0.3, -0.25) is 9.59 Å². The SMILES string of the molecule is CCCCCN1C(=O)C(O)=C(C(=O)c2cc3cc(Cl)ccc3o2)C1c1ccccc1. The molecule has 1 aromatic heterocycles. The van der Waals surface area contributed by atoms with Gasteiger partial charge < -0.3 is 14.4 Å². The number of aliphatic hydroxyl groups is 1. The Morgan fingerprint density at radius 3 is 2.63 bits per heavy atom. The first-order chi connectivity index (χ1) is 14.5. The Kier molecular flexibility index (Phi) is 5.64. The zero-order valence-corrected chi connectivity index (χ0v) is 17.4. The number of nitrogens with zero attached hydrogens (tertiary/aromatic N) is 1. The van der Waals surface area contributed by atoms with Crippen molar-refractivity contribution in [1.82, 2.24) is 4.90 Å². The lowest BCUT2D eigenvalue weighted by Gasteiger charge is -2.26. The van der Waals surface area contributed by atoms with Crippen LogP contribution in [-0.2, 0) is 4.79 Å². The molecule has 1 unspecified atom stereocenters. The Bertz CT molecular complexity index is 1130. The number of aliphatic hydroxyl groups excluding tert-OH is 1. The summed E-state index contributed by atoms with van der Waals surface area (Å²) < 4.78 is 5.72. The van der Waals surface area contributed by atoms with E-state index in [9.17, 15) is 14.7 Å². The van der Waals surface area contributed by atoms with Gasteiger partial charge in [-0.15, -0.1) is 0 Å². The molecule has 1 aliphatic rings. The van der Waals surface area contributed by atoms with Crippen LogP contribution in [0.15, 0.2) is 70.3 Å². The third kappa shape index (κ3) is 3.61. The monoisotopic (exact) mass is 423 g/mol. The largest absolute Gasteiger partial charge is 0.503 e. The summed E-state index contributed by atoms with van der Waals surface area (Å²) in [7, 11) is 0. The number of halogens is 1. The third-order valence-corrected chi connectivity index (χ3v) is 5.60. The molecule has 0 aliphatic carbocycles. The van der Waals surface area contributed by atoms with Crippen molar-refractivity contribution >= 4 is 34.3 Å². The average molecular weight is 424 g/mol. The number of hydrogen-bond acceptors (Lipinski definition) is 4. The molecule has 0 saturated carbocycles. The molecule has 1 aliphatic heterocycles. The van der Waals surface area contributed by atoms with E-state index in [0.29, 0.717) is 22.5 Å². The number of carbonyl (C=O) groups excluding carboxylic acids is 2. The molecule has 0 fully saturated rings. The lowest BCUT2D eigenvalue weighted by molar-refractivity contribution is -0.129. The minimum absolute atomic E-state index is 0.0489. The molecule has 2 aromatic carbocycles.